The van der Waals surface area contributed by atoms with Gasteiger partial charge in [-0.2, -0.15) is 20.0 Å². The van der Waals surface area contributed by atoms with Crippen molar-refractivity contribution in [1.82, 2.24) is 39.9 Å². The maximum atomic E-state index is 12.8. The molecule has 9 heteroatoms. The monoisotopic (exact) mass is 362 g/mol. The number of nitrogens with one attached hydrogen (secondary N) is 1. The quantitative estimate of drug-likeness (QED) is 0.577. The zero-order valence-corrected chi connectivity index (χ0v) is 14.9. The Kier molecular flexibility index (Phi) is 4.33. The van der Waals surface area contributed by atoms with Crippen LogP contribution in [0.3, 0.4) is 0 Å². The molecule has 0 saturated heterocycles. The molecule has 0 bridgehead atoms. The van der Waals surface area contributed by atoms with Gasteiger partial charge in [-0.3, -0.25) is 4.79 Å². The number of benzene rings is 1. The van der Waals surface area contributed by atoms with Crippen molar-refractivity contribution in [2.24, 2.45) is 0 Å². The van der Waals surface area contributed by atoms with E-state index in [9.17, 15) is 4.79 Å². The summed E-state index contributed by atoms with van der Waals surface area (Å²) in [6.07, 6.45) is 3.20. The third-order valence-electron chi connectivity index (χ3n) is 4.14. The molecule has 0 fully saturated rings. The topological polar surface area (TPSA) is 103 Å². The van der Waals surface area contributed by atoms with Crippen molar-refractivity contribution in [2.75, 3.05) is 0 Å². The predicted molar refractivity (Wildman–Crippen MR) is 96.9 cm³/mol. The summed E-state index contributed by atoms with van der Waals surface area (Å²) in [6.45, 7) is 4.17. The first-order chi connectivity index (χ1) is 13.1. The third kappa shape index (κ3) is 3.52. The Labute approximate surface area is 155 Å². The average Bonchev–Trinajstić information content (AvgIpc) is 3.31. The van der Waals surface area contributed by atoms with Crippen molar-refractivity contribution in [3.63, 3.8) is 0 Å². The lowest BCUT2D eigenvalue weighted by atomic mass is 10.1. The normalized spacial score (nSPS) is 12.2. The lowest BCUT2D eigenvalue weighted by molar-refractivity contribution is 0.0920. The zero-order chi connectivity index (χ0) is 18.8. The molecule has 1 amide bonds. The van der Waals surface area contributed by atoms with Gasteiger partial charge >= 0.3 is 0 Å². The van der Waals surface area contributed by atoms with Crippen LogP contribution in [0.4, 0.5) is 0 Å². The molecule has 0 radical (unpaired) electrons. The minimum absolute atomic E-state index is 0.0746. The number of rotatable bonds is 5. The lowest BCUT2D eigenvalue weighted by Gasteiger charge is -2.17. The summed E-state index contributed by atoms with van der Waals surface area (Å²) in [5.74, 6) is 0.103. The second-order valence-electron chi connectivity index (χ2n) is 6.21. The first-order valence-corrected chi connectivity index (χ1v) is 8.51. The summed E-state index contributed by atoms with van der Waals surface area (Å²) in [5, 5.41) is 15.5. The van der Waals surface area contributed by atoms with Crippen LogP contribution >= 0.6 is 0 Å². The van der Waals surface area contributed by atoms with Crippen LogP contribution < -0.4 is 5.32 Å². The van der Waals surface area contributed by atoms with E-state index in [4.69, 9.17) is 0 Å². The first-order valence-electron chi connectivity index (χ1n) is 8.51. The van der Waals surface area contributed by atoms with Crippen molar-refractivity contribution in [2.45, 2.75) is 26.4 Å². The van der Waals surface area contributed by atoms with Crippen molar-refractivity contribution in [1.29, 1.82) is 0 Å². The highest BCUT2D eigenvalue weighted by Gasteiger charge is 2.21. The Bertz CT molecular complexity index is 1070. The van der Waals surface area contributed by atoms with Crippen molar-refractivity contribution >= 4 is 11.7 Å². The largest absolute Gasteiger partial charge is 0.340 e. The number of aromatic nitrogens is 7. The van der Waals surface area contributed by atoms with Crippen LogP contribution in [0.5, 0.6) is 0 Å². The van der Waals surface area contributed by atoms with Crippen molar-refractivity contribution in [3.05, 3.63) is 71.6 Å². The average molecular weight is 362 g/mol. The maximum absolute atomic E-state index is 12.8. The van der Waals surface area contributed by atoms with E-state index in [1.54, 1.807) is 16.9 Å². The summed E-state index contributed by atoms with van der Waals surface area (Å²) >= 11 is 0. The van der Waals surface area contributed by atoms with E-state index in [0.29, 0.717) is 12.3 Å². The molecule has 0 aliphatic rings. The molecule has 27 heavy (non-hydrogen) atoms. The molecule has 9 nitrogen and oxygen atoms in total. The molecule has 1 N–H and O–H groups in total. The van der Waals surface area contributed by atoms with Gasteiger partial charge < -0.3 is 5.32 Å². The van der Waals surface area contributed by atoms with E-state index >= 15 is 0 Å². The molecule has 4 aromatic rings. The van der Waals surface area contributed by atoms with E-state index in [1.807, 2.05) is 50.2 Å². The molecule has 1 aromatic carbocycles. The Morgan fingerprint density at radius 3 is 2.59 bits per heavy atom. The predicted octanol–water partition coefficient (Wildman–Crippen LogP) is 1.50. The summed E-state index contributed by atoms with van der Waals surface area (Å²) in [6, 6.07) is 11.2. The molecule has 0 aliphatic heterocycles. The summed E-state index contributed by atoms with van der Waals surface area (Å²) in [5.41, 5.74) is 2.63. The molecule has 3 heterocycles. The van der Waals surface area contributed by atoms with Gasteiger partial charge in [0.05, 0.1) is 25.0 Å². The molecule has 136 valence electrons. The van der Waals surface area contributed by atoms with E-state index < -0.39 is 0 Å². The number of carbonyl (C=O) groups excluding carboxylic acids is 1. The van der Waals surface area contributed by atoms with Gasteiger partial charge in [0.15, 0.2) is 0 Å². The molecule has 0 aliphatic carbocycles. The van der Waals surface area contributed by atoms with E-state index in [0.717, 1.165) is 17.0 Å². The minimum Gasteiger partial charge on any atom is -0.340 e. The Hall–Kier alpha value is -3.62. The van der Waals surface area contributed by atoms with E-state index in [2.05, 4.69) is 30.6 Å². The van der Waals surface area contributed by atoms with Gasteiger partial charge in [0.25, 0.3) is 11.7 Å². The van der Waals surface area contributed by atoms with E-state index in [1.165, 1.54) is 4.80 Å². The third-order valence-corrected chi connectivity index (χ3v) is 4.14. The van der Waals surface area contributed by atoms with Gasteiger partial charge in [-0.25, -0.2) is 9.50 Å². The Morgan fingerprint density at radius 1 is 1.11 bits per heavy atom. The summed E-state index contributed by atoms with van der Waals surface area (Å²) < 4.78 is 1.56. The van der Waals surface area contributed by atoms with Gasteiger partial charge in [-0.15, -0.1) is 5.10 Å². The number of nitrogens with zero attached hydrogens (tertiary/aromatic N) is 7. The number of carbonyl (C=O) groups is 1. The van der Waals surface area contributed by atoms with Gasteiger partial charge in [0, 0.05) is 11.4 Å². The fourth-order valence-corrected chi connectivity index (χ4v) is 2.91. The number of aryl methyl sites for hydroxylation is 2. The second-order valence-corrected chi connectivity index (χ2v) is 6.21. The fourth-order valence-electron chi connectivity index (χ4n) is 2.91. The Morgan fingerprint density at radius 2 is 1.85 bits per heavy atom. The smallest absolute Gasteiger partial charge is 0.291 e. The number of hydrogen-bond donors (Lipinski definition) is 1. The SMILES string of the molecule is Cc1cc(C)n2nc(C(=O)N[C@@H](Cn3nccn3)c3ccccc3)nc2n1. The van der Waals surface area contributed by atoms with Crippen LogP contribution in [-0.2, 0) is 6.54 Å². The van der Waals surface area contributed by atoms with Crippen LogP contribution in [0, 0.1) is 13.8 Å². The number of hydrogen-bond acceptors (Lipinski definition) is 6. The fraction of sp³-hybridized carbons (Fsp3) is 0.222. The zero-order valence-electron chi connectivity index (χ0n) is 14.9. The first kappa shape index (κ1) is 16.8. The molecule has 4 rings (SSSR count). The number of fused-ring (bicyclic) bond motifs is 1. The van der Waals surface area contributed by atoms with Crippen molar-refractivity contribution in [3.8, 4) is 0 Å². The molecule has 0 unspecified atom stereocenters. The van der Waals surface area contributed by atoms with Crippen LogP contribution in [-0.4, -0.2) is 40.5 Å². The van der Waals surface area contributed by atoms with Gasteiger partial charge in [-0.05, 0) is 25.5 Å². The molecular formula is C18H18N8O. The van der Waals surface area contributed by atoms with Crippen molar-refractivity contribution < 1.29 is 4.79 Å². The highest BCUT2D eigenvalue weighted by Crippen LogP contribution is 2.15. The summed E-state index contributed by atoms with van der Waals surface area (Å²) in [7, 11) is 0. The Balaban J connectivity index is 1.62. The second kappa shape index (κ2) is 6.94. The van der Waals surface area contributed by atoms with Crippen LogP contribution in [0.25, 0.3) is 5.78 Å². The van der Waals surface area contributed by atoms with Gasteiger partial charge in [0.1, 0.15) is 0 Å². The van der Waals surface area contributed by atoms with Crippen LogP contribution in [0.15, 0.2) is 48.8 Å². The lowest BCUT2D eigenvalue weighted by Crippen LogP contribution is -2.32. The standard InChI is InChI=1S/C18H18N8O/c1-12-10-13(2)26-18(21-12)23-16(24-26)17(27)22-15(11-25-19-8-9-20-25)14-6-4-3-5-7-14/h3-10,15H,11H2,1-2H3,(H,22,27)/t15-/m0/s1. The highest BCUT2D eigenvalue weighted by molar-refractivity contribution is 5.91. The van der Waals surface area contributed by atoms with Gasteiger partial charge in [0.2, 0.25) is 5.82 Å². The van der Waals surface area contributed by atoms with Crippen LogP contribution in [0.2, 0.25) is 0 Å². The number of amides is 1. The molecule has 0 spiro atoms. The molecule has 1 atom stereocenters. The van der Waals surface area contributed by atoms with Crippen LogP contribution in [0.1, 0.15) is 33.6 Å². The molecule has 3 aromatic heterocycles. The maximum Gasteiger partial charge on any atom is 0.291 e. The molecular weight excluding hydrogens is 344 g/mol. The molecule has 0 saturated carbocycles. The van der Waals surface area contributed by atoms with Gasteiger partial charge in [-0.1, -0.05) is 30.3 Å². The summed E-state index contributed by atoms with van der Waals surface area (Å²) in [4.78, 5) is 22.9. The highest BCUT2D eigenvalue weighted by atomic mass is 16.2. The minimum atomic E-state index is -0.376. The van der Waals surface area contributed by atoms with E-state index in [-0.39, 0.29) is 17.8 Å².